The summed E-state index contributed by atoms with van der Waals surface area (Å²) in [4.78, 5) is 36.1. The molecule has 26 heavy (non-hydrogen) atoms. The fourth-order valence-corrected chi connectivity index (χ4v) is 2.36. The number of anilines is 1. The molecule has 0 aliphatic carbocycles. The van der Waals surface area contributed by atoms with Gasteiger partial charge in [0.2, 0.25) is 0 Å². The molecule has 1 rings (SSSR count). The number of benzene rings is 1. The number of ketones is 1. The number of ether oxygens (including phenoxy) is 2. The Bertz CT molecular complexity index is 645. The molecule has 0 aromatic heterocycles. The first-order valence-corrected chi connectivity index (χ1v) is 8.64. The quantitative estimate of drug-likeness (QED) is 0.372. The summed E-state index contributed by atoms with van der Waals surface area (Å²) in [5, 5.41) is 3.01. The lowest BCUT2D eigenvalue weighted by atomic mass is 9.94. The minimum atomic E-state index is -0.675. The van der Waals surface area contributed by atoms with Crippen LogP contribution in [0, 0.1) is 18.3 Å². The van der Waals surface area contributed by atoms with Crippen molar-refractivity contribution in [3.8, 4) is 12.3 Å². The molecular weight excluding hydrogens is 334 g/mol. The van der Waals surface area contributed by atoms with Gasteiger partial charge in [-0.3, -0.25) is 14.4 Å². The number of terminal acetylenes is 1. The van der Waals surface area contributed by atoms with Gasteiger partial charge in [-0.2, -0.15) is 0 Å². The van der Waals surface area contributed by atoms with Gasteiger partial charge in [0.1, 0.15) is 0 Å². The van der Waals surface area contributed by atoms with Gasteiger partial charge in [0, 0.05) is 24.1 Å². The largest absolute Gasteiger partial charge is 0.466 e. The van der Waals surface area contributed by atoms with Crippen molar-refractivity contribution in [2.24, 2.45) is 5.92 Å². The third-order valence-electron chi connectivity index (χ3n) is 3.66. The van der Waals surface area contributed by atoms with Gasteiger partial charge in [-0.15, -0.1) is 6.42 Å². The molecule has 1 aromatic rings. The molecule has 6 heteroatoms. The lowest BCUT2D eigenvalue weighted by molar-refractivity contribution is -0.149. The summed E-state index contributed by atoms with van der Waals surface area (Å²) in [7, 11) is 0. The zero-order valence-electron chi connectivity index (χ0n) is 15.2. The van der Waals surface area contributed by atoms with Crippen LogP contribution in [0.1, 0.15) is 43.5 Å². The first-order chi connectivity index (χ1) is 12.5. The summed E-state index contributed by atoms with van der Waals surface area (Å²) in [6.45, 7) is 4.31. The molecule has 140 valence electrons. The van der Waals surface area contributed by atoms with E-state index in [0.717, 1.165) is 5.69 Å². The Kier molecular flexibility index (Phi) is 9.55. The summed E-state index contributed by atoms with van der Waals surface area (Å²) < 4.78 is 9.89. The van der Waals surface area contributed by atoms with Crippen molar-refractivity contribution in [3.63, 3.8) is 0 Å². The lowest BCUT2D eigenvalue weighted by Crippen LogP contribution is -2.22. The standard InChI is InChI=1S/C20H25NO5/c1-4-13-21-17-10-7-15(8-11-17)18(22)14-16(20(24)26-6-3)9-12-19(23)25-5-2/h1,7-8,10-11,16,21H,5-6,9,12-14H2,2-3H3. The van der Waals surface area contributed by atoms with E-state index in [0.29, 0.717) is 12.1 Å². The van der Waals surface area contributed by atoms with Crippen molar-refractivity contribution < 1.29 is 23.9 Å². The molecule has 0 radical (unpaired) electrons. The maximum atomic E-state index is 12.5. The third kappa shape index (κ3) is 7.39. The van der Waals surface area contributed by atoms with Crippen LogP contribution in [-0.4, -0.2) is 37.5 Å². The summed E-state index contributed by atoms with van der Waals surface area (Å²) in [6, 6.07) is 6.86. The van der Waals surface area contributed by atoms with Gasteiger partial charge in [0.05, 0.1) is 25.7 Å². The summed E-state index contributed by atoms with van der Waals surface area (Å²) in [6.07, 6.45) is 5.45. The molecule has 1 unspecified atom stereocenters. The highest BCUT2D eigenvalue weighted by atomic mass is 16.5. The number of esters is 2. The molecular formula is C20H25NO5. The first-order valence-electron chi connectivity index (χ1n) is 8.64. The maximum Gasteiger partial charge on any atom is 0.309 e. The number of carbonyl (C=O) groups excluding carboxylic acids is 3. The molecule has 0 saturated heterocycles. The van der Waals surface area contributed by atoms with Crippen LogP contribution in [0.25, 0.3) is 0 Å². The topological polar surface area (TPSA) is 81.7 Å². The fraction of sp³-hybridized carbons (Fsp3) is 0.450. The summed E-state index contributed by atoms with van der Waals surface area (Å²) in [5.41, 5.74) is 1.30. The fourth-order valence-electron chi connectivity index (χ4n) is 2.36. The highest BCUT2D eigenvalue weighted by Crippen LogP contribution is 2.19. The van der Waals surface area contributed by atoms with Crippen LogP contribution in [-0.2, 0) is 19.1 Å². The van der Waals surface area contributed by atoms with Crippen LogP contribution >= 0.6 is 0 Å². The van der Waals surface area contributed by atoms with E-state index < -0.39 is 17.9 Å². The van der Waals surface area contributed by atoms with E-state index in [9.17, 15) is 14.4 Å². The number of rotatable bonds is 11. The number of hydrogen-bond acceptors (Lipinski definition) is 6. The smallest absolute Gasteiger partial charge is 0.309 e. The van der Waals surface area contributed by atoms with Crippen LogP contribution in [0.4, 0.5) is 5.69 Å². The number of hydrogen-bond donors (Lipinski definition) is 1. The molecule has 1 aromatic carbocycles. The number of Topliss-reactive ketones (excluding diaryl/α,β-unsaturated/α-hetero) is 1. The molecule has 0 aliphatic rings. The highest BCUT2D eigenvalue weighted by Gasteiger charge is 2.25. The summed E-state index contributed by atoms with van der Waals surface area (Å²) >= 11 is 0. The van der Waals surface area contributed by atoms with E-state index in [4.69, 9.17) is 15.9 Å². The second kappa shape index (κ2) is 11.7. The predicted molar refractivity (Wildman–Crippen MR) is 98.7 cm³/mol. The lowest BCUT2D eigenvalue weighted by Gasteiger charge is -2.14. The van der Waals surface area contributed by atoms with Gasteiger partial charge in [0.15, 0.2) is 5.78 Å². The Balaban J connectivity index is 2.72. The molecule has 1 N–H and O–H groups in total. The normalized spacial score (nSPS) is 11.1. The van der Waals surface area contributed by atoms with Gasteiger partial charge in [-0.05, 0) is 44.5 Å². The van der Waals surface area contributed by atoms with Gasteiger partial charge in [0.25, 0.3) is 0 Å². The number of nitrogens with one attached hydrogen (secondary N) is 1. The van der Waals surface area contributed by atoms with Gasteiger partial charge in [-0.25, -0.2) is 0 Å². The molecule has 1 atom stereocenters. The zero-order valence-corrected chi connectivity index (χ0v) is 15.2. The Morgan fingerprint density at radius 3 is 2.35 bits per heavy atom. The maximum absolute atomic E-state index is 12.5. The average Bonchev–Trinajstić information content (AvgIpc) is 2.64. The SMILES string of the molecule is C#CCNc1ccc(C(=O)CC(CCC(=O)OCC)C(=O)OCC)cc1. The Morgan fingerprint density at radius 1 is 1.12 bits per heavy atom. The van der Waals surface area contributed by atoms with E-state index in [-0.39, 0.29) is 38.3 Å². The molecule has 0 amide bonds. The van der Waals surface area contributed by atoms with Gasteiger partial charge < -0.3 is 14.8 Å². The van der Waals surface area contributed by atoms with Crippen molar-refractivity contribution >= 4 is 23.4 Å². The Labute approximate surface area is 154 Å². The van der Waals surface area contributed by atoms with Crippen molar-refractivity contribution in [2.45, 2.75) is 33.1 Å². The average molecular weight is 359 g/mol. The van der Waals surface area contributed by atoms with Crippen molar-refractivity contribution in [2.75, 3.05) is 25.1 Å². The van der Waals surface area contributed by atoms with E-state index in [1.54, 1.807) is 38.1 Å². The minimum Gasteiger partial charge on any atom is -0.466 e. The van der Waals surface area contributed by atoms with Crippen LogP contribution < -0.4 is 5.32 Å². The van der Waals surface area contributed by atoms with Crippen LogP contribution in [0.3, 0.4) is 0 Å². The minimum absolute atomic E-state index is 0.0185. The van der Waals surface area contributed by atoms with E-state index in [2.05, 4.69) is 11.2 Å². The van der Waals surface area contributed by atoms with Crippen LogP contribution in [0.2, 0.25) is 0 Å². The van der Waals surface area contributed by atoms with E-state index in [1.165, 1.54) is 0 Å². The van der Waals surface area contributed by atoms with Crippen molar-refractivity contribution in [3.05, 3.63) is 29.8 Å². The van der Waals surface area contributed by atoms with E-state index >= 15 is 0 Å². The van der Waals surface area contributed by atoms with Crippen molar-refractivity contribution in [1.29, 1.82) is 0 Å². The third-order valence-corrected chi connectivity index (χ3v) is 3.66. The molecule has 0 heterocycles. The van der Waals surface area contributed by atoms with E-state index in [1.807, 2.05) is 0 Å². The first kappa shape index (κ1) is 21.2. The second-order valence-corrected chi connectivity index (χ2v) is 5.55. The van der Waals surface area contributed by atoms with Crippen LogP contribution in [0.5, 0.6) is 0 Å². The van der Waals surface area contributed by atoms with Gasteiger partial charge in [-0.1, -0.05) is 5.92 Å². The molecule has 0 fully saturated rings. The molecule has 6 nitrogen and oxygen atoms in total. The molecule has 0 aliphatic heterocycles. The number of carbonyl (C=O) groups is 3. The predicted octanol–water partition coefficient (Wildman–Crippen LogP) is 2.83. The van der Waals surface area contributed by atoms with Gasteiger partial charge >= 0.3 is 11.9 Å². The molecule has 0 saturated carbocycles. The molecule has 0 spiro atoms. The monoisotopic (exact) mass is 359 g/mol. The summed E-state index contributed by atoms with van der Waals surface area (Å²) in [5.74, 6) is 0.744. The zero-order chi connectivity index (χ0) is 19.4. The second-order valence-electron chi connectivity index (χ2n) is 5.55. The Hall–Kier alpha value is -2.81. The highest BCUT2D eigenvalue weighted by molar-refractivity contribution is 5.98. The van der Waals surface area contributed by atoms with Crippen LogP contribution in [0.15, 0.2) is 24.3 Å². The Morgan fingerprint density at radius 2 is 1.77 bits per heavy atom. The van der Waals surface area contributed by atoms with Crippen molar-refractivity contribution in [1.82, 2.24) is 0 Å². The molecule has 0 bridgehead atoms.